The van der Waals surface area contributed by atoms with Gasteiger partial charge in [0, 0.05) is 17.7 Å². The zero-order valence-corrected chi connectivity index (χ0v) is 15.3. The average molecular weight is 357 g/mol. The van der Waals surface area contributed by atoms with Crippen molar-refractivity contribution in [3.05, 3.63) is 35.2 Å². The number of rotatable bonds is 6. The lowest BCUT2D eigenvalue weighted by Crippen LogP contribution is -2.38. The monoisotopic (exact) mass is 357 g/mol. The summed E-state index contributed by atoms with van der Waals surface area (Å²) in [5, 5.41) is 6.83. The molecule has 0 saturated heterocycles. The van der Waals surface area contributed by atoms with E-state index in [0.29, 0.717) is 35.9 Å². The van der Waals surface area contributed by atoms with Gasteiger partial charge in [-0.05, 0) is 38.5 Å². The van der Waals surface area contributed by atoms with Gasteiger partial charge in [-0.15, -0.1) is 0 Å². The number of aromatic nitrogens is 1. The molecule has 1 aromatic carbocycles. The van der Waals surface area contributed by atoms with Crippen molar-refractivity contribution < 1.29 is 18.8 Å². The second kappa shape index (κ2) is 7.59. The number of nitrogens with zero attached hydrogens (tertiary/aromatic N) is 2. The molecular formula is C19H23N3O4. The molecule has 26 heavy (non-hydrogen) atoms. The summed E-state index contributed by atoms with van der Waals surface area (Å²) < 4.78 is 10.7. The van der Waals surface area contributed by atoms with E-state index in [2.05, 4.69) is 10.5 Å². The Balaban J connectivity index is 1.86. The summed E-state index contributed by atoms with van der Waals surface area (Å²) in [6.07, 6.45) is 2.29. The Morgan fingerprint density at radius 3 is 2.85 bits per heavy atom. The zero-order valence-electron chi connectivity index (χ0n) is 15.3. The normalized spacial score (nSPS) is 13.3. The number of hydrogen-bond donors (Lipinski definition) is 1. The maximum Gasteiger partial charge on any atom is 0.265 e. The van der Waals surface area contributed by atoms with Gasteiger partial charge in [0.1, 0.15) is 11.5 Å². The summed E-state index contributed by atoms with van der Waals surface area (Å²) in [5.41, 5.74) is 2.91. The van der Waals surface area contributed by atoms with Crippen molar-refractivity contribution in [2.24, 2.45) is 0 Å². The van der Waals surface area contributed by atoms with E-state index < -0.39 is 0 Å². The molecule has 2 aromatic rings. The highest BCUT2D eigenvalue weighted by Gasteiger charge is 2.28. The van der Waals surface area contributed by atoms with Crippen molar-refractivity contribution in [3.63, 3.8) is 0 Å². The molecule has 0 bridgehead atoms. The minimum Gasteiger partial charge on any atom is -0.482 e. The molecule has 0 saturated carbocycles. The molecule has 3 rings (SSSR count). The Morgan fingerprint density at radius 2 is 2.15 bits per heavy atom. The van der Waals surface area contributed by atoms with Gasteiger partial charge in [0.25, 0.3) is 5.91 Å². The first kappa shape index (κ1) is 18.0. The smallest absolute Gasteiger partial charge is 0.265 e. The molecule has 7 heteroatoms. The lowest BCUT2D eigenvalue weighted by atomic mass is 10.1. The molecule has 2 amide bonds. The van der Waals surface area contributed by atoms with Crippen LogP contribution in [0.5, 0.6) is 5.75 Å². The number of carbonyl (C=O) groups excluding carboxylic acids is 2. The van der Waals surface area contributed by atoms with Crippen LogP contribution in [0.1, 0.15) is 43.2 Å². The Kier molecular flexibility index (Phi) is 5.25. The summed E-state index contributed by atoms with van der Waals surface area (Å²) in [6.45, 7) is 6.05. The van der Waals surface area contributed by atoms with Crippen LogP contribution in [-0.4, -0.2) is 23.6 Å². The van der Waals surface area contributed by atoms with Crippen molar-refractivity contribution in [2.75, 3.05) is 16.8 Å². The van der Waals surface area contributed by atoms with Crippen molar-refractivity contribution in [3.8, 4) is 5.75 Å². The molecule has 0 unspecified atom stereocenters. The molecule has 0 radical (unpaired) electrons. The van der Waals surface area contributed by atoms with Crippen molar-refractivity contribution >= 4 is 23.2 Å². The van der Waals surface area contributed by atoms with Crippen LogP contribution < -0.4 is 15.0 Å². The van der Waals surface area contributed by atoms with Gasteiger partial charge in [-0.1, -0.05) is 18.5 Å². The third kappa shape index (κ3) is 3.71. The number of aryl methyl sites for hydroxylation is 2. The Hall–Kier alpha value is -2.83. The van der Waals surface area contributed by atoms with E-state index >= 15 is 0 Å². The molecule has 1 aliphatic rings. The van der Waals surface area contributed by atoms with E-state index in [0.717, 1.165) is 24.1 Å². The molecule has 1 N–H and O–H groups in total. The summed E-state index contributed by atoms with van der Waals surface area (Å²) in [7, 11) is 0. The van der Waals surface area contributed by atoms with Crippen molar-refractivity contribution in [2.45, 2.75) is 46.6 Å². The van der Waals surface area contributed by atoms with Crippen LogP contribution in [0.15, 0.2) is 22.7 Å². The number of anilines is 2. The molecule has 1 aliphatic heterocycles. The van der Waals surface area contributed by atoms with Crippen LogP contribution in [0.3, 0.4) is 0 Å². The summed E-state index contributed by atoms with van der Waals surface area (Å²) in [4.78, 5) is 26.1. The minimum absolute atomic E-state index is 0.0153. The van der Waals surface area contributed by atoms with Gasteiger partial charge in [0.2, 0.25) is 5.91 Å². The van der Waals surface area contributed by atoms with Crippen LogP contribution in [0.4, 0.5) is 11.4 Å². The molecule has 138 valence electrons. The maximum absolute atomic E-state index is 12.4. The maximum atomic E-state index is 12.4. The molecule has 7 nitrogen and oxygen atoms in total. The van der Waals surface area contributed by atoms with E-state index in [1.54, 1.807) is 23.1 Å². The van der Waals surface area contributed by atoms with Crippen LogP contribution >= 0.6 is 0 Å². The van der Waals surface area contributed by atoms with Gasteiger partial charge in [0.05, 0.1) is 17.9 Å². The molecule has 1 aromatic heterocycles. The average Bonchev–Trinajstić information content (AvgIpc) is 2.94. The largest absolute Gasteiger partial charge is 0.482 e. The topological polar surface area (TPSA) is 84.7 Å². The fourth-order valence-corrected chi connectivity index (χ4v) is 2.90. The Morgan fingerprint density at radius 1 is 1.35 bits per heavy atom. The quantitative estimate of drug-likeness (QED) is 0.857. The fraction of sp³-hybridized carbons (Fsp3) is 0.421. The number of ether oxygens (including phenoxy) is 1. The van der Waals surface area contributed by atoms with Crippen molar-refractivity contribution in [1.29, 1.82) is 0 Å². The second-order valence-electron chi connectivity index (χ2n) is 6.41. The highest BCUT2D eigenvalue weighted by Crippen LogP contribution is 2.36. The molecule has 0 atom stereocenters. The first-order valence-corrected chi connectivity index (χ1v) is 8.78. The summed E-state index contributed by atoms with van der Waals surface area (Å²) >= 11 is 0. The van der Waals surface area contributed by atoms with Crippen molar-refractivity contribution in [1.82, 2.24) is 5.16 Å². The van der Waals surface area contributed by atoms with E-state index in [1.807, 2.05) is 20.8 Å². The Labute approximate surface area is 152 Å². The third-order valence-corrected chi connectivity index (χ3v) is 4.44. The van der Waals surface area contributed by atoms with E-state index in [9.17, 15) is 9.59 Å². The van der Waals surface area contributed by atoms with Gasteiger partial charge in [-0.2, -0.15) is 0 Å². The SMILES string of the molecule is CCCCC(=O)Nc1ccc2c(c1)N(Cc1c(C)noc1C)C(=O)CO2. The predicted octanol–water partition coefficient (Wildman–Crippen LogP) is 3.35. The van der Waals surface area contributed by atoms with Crippen LogP contribution in [0, 0.1) is 13.8 Å². The van der Waals surface area contributed by atoms with Gasteiger partial charge >= 0.3 is 0 Å². The van der Waals surface area contributed by atoms with E-state index in [4.69, 9.17) is 9.26 Å². The highest BCUT2D eigenvalue weighted by molar-refractivity contribution is 5.99. The molecule has 0 spiro atoms. The molecule has 0 aliphatic carbocycles. The van der Waals surface area contributed by atoms with Gasteiger partial charge in [-0.3, -0.25) is 9.59 Å². The lowest BCUT2D eigenvalue weighted by molar-refractivity contribution is -0.121. The first-order chi connectivity index (χ1) is 12.5. The van der Waals surface area contributed by atoms with Gasteiger partial charge in [0.15, 0.2) is 6.61 Å². The number of amides is 2. The van der Waals surface area contributed by atoms with Crippen LogP contribution in [0.2, 0.25) is 0 Å². The summed E-state index contributed by atoms with van der Waals surface area (Å²) in [5.74, 6) is 1.12. The molecule has 2 heterocycles. The number of hydrogen-bond acceptors (Lipinski definition) is 5. The second-order valence-corrected chi connectivity index (χ2v) is 6.41. The fourth-order valence-electron chi connectivity index (χ4n) is 2.90. The third-order valence-electron chi connectivity index (χ3n) is 4.44. The lowest BCUT2D eigenvalue weighted by Gasteiger charge is -2.29. The molecular weight excluding hydrogens is 334 g/mol. The van der Waals surface area contributed by atoms with Crippen LogP contribution in [-0.2, 0) is 16.1 Å². The van der Waals surface area contributed by atoms with Gasteiger partial charge in [-0.25, -0.2) is 0 Å². The molecule has 0 fully saturated rings. The summed E-state index contributed by atoms with van der Waals surface area (Å²) in [6, 6.07) is 5.33. The van der Waals surface area contributed by atoms with Gasteiger partial charge < -0.3 is 19.5 Å². The van der Waals surface area contributed by atoms with E-state index in [-0.39, 0.29) is 18.4 Å². The minimum atomic E-state index is -0.146. The van der Waals surface area contributed by atoms with E-state index in [1.165, 1.54) is 0 Å². The number of benzene rings is 1. The zero-order chi connectivity index (χ0) is 18.7. The Bertz CT molecular complexity index is 809. The first-order valence-electron chi connectivity index (χ1n) is 8.78. The number of nitrogens with one attached hydrogen (secondary N) is 1. The van der Waals surface area contributed by atoms with Crippen LogP contribution in [0.25, 0.3) is 0 Å². The number of carbonyl (C=O) groups is 2. The highest BCUT2D eigenvalue weighted by atomic mass is 16.5. The standard InChI is InChI=1S/C19H23N3O4/c1-4-5-6-18(23)20-14-7-8-17-16(9-14)22(19(24)11-25-17)10-15-12(2)21-26-13(15)3/h7-9H,4-6,10-11H2,1-3H3,(H,20,23). The number of unbranched alkanes of at least 4 members (excludes halogenated alkanes) is 1. The number of fused-ring (bicyclic) bond motifs is 1. The predicted molar refractivity (Wildman–Crippen MR) is 97.3 cm³/mol.